The number of anilines is 1. The van der Waals surface area contributed by atoms with Crippen LogP contribution >= 0.6 is 11.6 Å². The van der Waals surface area contributed by atoms with Crippen LogP contribution in [0.3, 0.4) is 0 Å². The second-order valence-corrected chi connectivity index (χ2v) is 5.30. The van der Waals surface area contributed by atoms with Crippen LogP contribution in [0.4, 0.5) is 5.69 Å². The smallest absolute Gasteiger partial charge is 0.333 e. The molecule has 4 heteroatoms. The summed E-state index contributed by atoms with van der Waals surface area (Å²) in [5, 5.41) is 0.615. The van der Waals surface area contributed by atoms with Crippen molar-refractivity contribution in [2.45, 2.75) is 13.8 Å². The Kier molecular flexibility index (Phi) is 5.23. The molecule has 114 valence electrons. The van der Waals surface area contributed by atoms with Crippen LogP contribution in [-0.2, 0) is 9.53 Å². The number of carbonyl (C=O) groups is 1. The van der Waals surface area contributed by atoms with Gasteiger partial charge in [-0.3, -0.25) is 0 Å². The Bertz CT molecular complexity index is 723. The van der Waals surface area contributed by atoms with Gasteiger partial charge in [0.25, 0.3) is 0 Å². The van der Waals surface area contributed by atoms with Crippen LogP contribution in [0.5, 0.6) is 0 Å². The van der Waals surface area contributed by atoms with Gasteiger partial charge in [-0.25, -0.2) is 4.79 Å². The predicted octanol–water partition coefficient (Wildman–Crippen LogP) is 4.56. The molecule has 22 heavy (non-hydrogen) atoms. The van der Waals surface area contributed by atoms with Crippen LogP contribution in [0.1, 0.15) is 19.4 Å². The number of hydrogen-bond acceptors (Lipinski definition) is 3. The van der Waals surface area contributed by atoms with E-state index in [1.54, 1.807) is 26.0 Å². The van der Waals surface area contributed by atoms with Gasteiger partial charge in [-0.15, -0.1) is 0 Å². The van der Waals surface area contributed by atoms with Crippen molar-refractivity contribution in [2.75, 3.05) is 12.3 Å². The maximum atomic E-state index is 11.8. The quantitative estimate of drug-likeness (QED) is 0.511. The lowest BCUT2D eigenvalue weighted by molar-refractivity contribution is -0.138. The molecule has 0 atom stereocenters. The fourth-order valence-corrected chi connectivity index (χ4v) is 2.34. The van der Waals surface area contributed by atoms with E-state index >= 15 is 0 Å². The largest absolute Gasteiger partial charge is 0.463 e. The molecule has 0 amide bonds. The summed E-state index contributed by atoms with van der Waals surface area (Å²) in [5.74, 6) is -0.329. The highest BCUT2D eigenvalue weighted by molar-refractivity contribution is 6.31. The van der Waals surface area contributed by atoms with E-state index in [0.29, 0.717) is 22.9 Å². The second kappa shape index (κ2) is 7.14. The number of nitrogens with two attached hydrogens (primary N) is 1. The minimum absolute atomic E-state index is 0.329. The number of hydrogen-bond donors (Lipinski definition) is 1. The Morgan fingerprint density at radius 1 is 1.23 bits per heavy atom. The van der Waals surface area contributed by atoms with Crippen molar-refractivity contribution in [2.24, 2.45) is 0 Å². The summed E-state index contributed by atoms with van der Waals surface area (Å²) >= 11 is 6.11. The van der Waals surface area contributed by atoms with Gasteiger partial charge in [0.15, 0.2) is 0 Å². The number of ether oxygens (including phenoxy) is 1. The van der Waals surface area contributed by atoms with E-state index in [1.807, 2.05) is 36.4 Å². The summed E-state index contributed by atoms with van der Waals surface area (Å²) < 4.78 is 5.01. The summed E-state index contributed by atoms with van der Waals surface area (Å²) in [6.45, 7) is 3.86. The number of para-hydroxylation sites is 1. The van der Waals surface area contributed by atoms with Crippen molar-refractivity contribution in [3.63, 3.8) is 0 Å². The van der Waals surface area contributed by atoms with Crippen LogP contribution in [0.15, 0.2) is 48.0 Å². The standard InChI is InChI=1S/C18H18ClNO2/c1-3-22-18(21)12(2)10-13-8-9-14(19)11-16(13)15-6-4-5-7-17(15)20/h4-11H,3,20H2,1-2H3. The summed E-state index contributed by atoms with van der Waals surface area (Å²) in [4.78, 5) is 11.8. The molecule has 3 nitrogen and oxygen atoms in total. The van der Waals surface area contributed by atoms with Crippen LogP contribution < -0.4 is 5.73 Å². The van der Waals surface area contributed by atoms with E-state index in [9.17, 15) is 4.79 Å². The molecule has 0 radical (unpaired) electrons. The van der Waals surface area contributed by atoms with E-state index in [-0.39, 0.29) is 5.97 Å². The average molecular weight is 316 g/mol. The first-order valence-electron chi connectivity index (χ1n) is 7.02. The fraction of sp³-hybridized carbons (Fsp3) is 0.167. The lowest BCUT2D eigenvalue weighted by atomic mass is 9.97. The molecular weight excluding hydrogens is 298 g/mol. The molecule has 0 aliphatic carbocycles. The Morgan fingerprint density at radius 2 is 1.95 bits per heavy atom. The zero-order chi connectivity index (χ0) is 16.1. The van der Waals surface area contributed by atoms with Gasteiger partial charge >= 0.3 is 5.97 Å². The van der Waals surface area contributed by atoms with Crippen molar-refractivity contribution >= 4 is 29.3 Å². The first kappa shape index (κ1) is 16.1. The zero-order valence-electron chi connectivity index (χ0n) is 12.6. The molecule has 2 N–H and O–H groups in total. The van der Waals surface area contributed by atoms with Gasteiger partial charge in [0.2, 0.25) is 0 Å². The van der Waals surface area contributed by atoms with Gasteiger partial charge in [0.05, 0.1) is 6.61 Å². The third-order valence-corrected chi connectivity index (χ3v) is 3.47. The summed E-state index contributed by atoms with van der Waals surface area (Å²) in [6.07, 6.45) is 1.79. The highest BCUT2D eigenvalue weighted by atomic mass is 35.5. The molecule has 0 aliphatic rings. The summed E-state index contributed by atoms with van der Waals surface area (Å²) in [5.41, 5.74) is 9.88. The molecule has 0 saturated heterocycles. The lowest BCUT2D eigenvalue weighted by Crippen LogP contribution is -2.05. The van der Waals surface area contributed by atoms with E-state index < -0.39 is 0 Å². The number of halogens is 1. The van der Waals surface area contributed by atoms with E-state index in [1.165, 1.54) is 0 Å². The highest BCUT2D eigenvalue weighted by Gasteiger charge is 2.10. The zero-order valence-corrected chi connectivity index (χ0v) is 13.4. The lowest BCUT2D eigenvalue weighted by Gasteiger charge is -2.11. The minimum Gasteiger partial charge on any atom is -0.463 e. The molecule has 0 spiro atoms. The van der Waals surface area contributed by atoms with Gasteiger partial charge in [0, 0.05) is 21.8 Å². The minimum atomic E-state index is -0.329. The molecule has 0 bridgehead atoms. The number of esters is 1. The van der Waals surface area contributed by atoms with Gasteiger partial charge < -0.3 is 10.5 Å². The highest BCUT2D eigenvalue weighted by Crippen LogP contribution is 2.32. The molecule has 2 rings (SSSR count). The van der Waals surface area contributed by atoms with Crippen LogP contribution in [0.25, 0.3) is 17.2 Å². The summed E-state index contributed by atoms with van der Waals surface area (Å²) in [6, 6.07) is 13.1. The van der Waals surface area contributed by atoms with Crippen LogP contribution in [-0.4, -0.2) is 12.6 Å². The van der Waals surface area contributed by atoms with Crippen LogP contribution in [0.2, 0.25) is 5.02 Å². The Balaban J connectivity index is 2.52. The number of rotatable bonds is 4. The summed E-state index contributed by atoms with van der Waals surface area (Å²) in [7, 11) is 0. The van der Waals surface area contributed by atoms with Crippen molar-refractivity contribution in [1.82, 2.24) is 0 Å². The molecule has 0 heterocycles. The molecular formula is C18H18ClNO2. The first-order chi connectivity index (χ1) is 10.5. The molecule has 0 aliphatic heterocycles. The van der Waals surface area contributed by atoms with E-state index in [2.05, 4.69) is 0 Å². The third kappa shape index (κ3) is 3.68. The van der Waals surface area contributed by atoms with E-state index in [4.69, 9.17) is 22.1 Å². The average Bonchev–Trinajstić information content (AvgIpc) is 2.50. The topological polar surface area (TPSA) is 52.3 Å². The first-order valence-corrected chi connectivity index (χ1v) is 7.40. The van der Waals surface area contributed by atoms with Crippen LogP contribution in [0, 0.1) is 0 Å². The predicted molar refractivity (Wildman–Crippen MR) is 91.6 cm³/mol. The Morgan fingerprint density at radius 3 is 2.64 bits per heavy atom. The van der Waals surface area contributed by atoms with Crippen molar-refractivity contribution in [3.8, 4) is 11.1 Å². The molecule has 0 fully saturated rings. The van der Waals surface area contributed by atoms with Gasteiger partial charge in [-0.1, -0.05) is 35.9 Å². The third-order valence-electron chi connectivity index (χ3n) is 3.24. The molecule has 2 aromatic rings. The molecule has 0 aromatic heterocycles. The maximum Gasteiger partial charge on any atom is 0.333 e. The van der Waals surface area contributed by atoms with Gasteiger partial charge in [-0.05, 0) is 49.2 Å². The van der Waals surface area contributed by atoms with Crippen molar-refractivity contribution in [3.05, 3.63) is 58.6 Å². The fourth-order valence-electron chi connectivity index (χ4n) is 2.17. The number of carbonyl (C=O) groups excluding carboxylic acids is 1. The molecule has 2 aromatic carbocycles. The normalized spacial score (nSPS) is 11.3. The SMILES string of the molecule is CCOC(=O)C(C)=Cc1ccc(Cl)cc1-c1ccccc1N. The monoisotopic (exact) mass is 315 g/mol. The number of nitrogen functional groups attached to an aromatic ring is 1. The van der Waals surface area contributed by atoms with E-state index in [0.717, 1.165) is 16.7 Å². The maximum absolute atomic E-state index is 11.8. The van der Waals surface area contributed by atoms with Gasteiger partial charge in [-0.2, -0.15) is 0 Å². The molecule has 0 saturated carbocycles. The number of benzene rings is 2. The Labute approximate surface area is 135 Å². The van der Waals surface area contributed by atoms with Crippen molar-refractivity contribution < 1.29 is 9.53 Å². The van der Waals surface area contributed by atoms with Gasteiger partial charge in [0.1, 0.15) is 0 Å². The van der Waals surface area contributed by atoms with Crippen molar-refractivity contribution in [1.29, 1.82) is 0 Å². The second-order valence-electron chi connectivity index (χ2n) is 4.87. The molecule has 0 unspecified atom stereocenters. The Hall–Kier alpha value is -2.26.